The van der Waals surface area contributed by atoms with Crippen molar-refractivity contribution in [2.45, 2.75) is 53.0 Å². The predicted octanol–water partition coefficient (Wildman–Crippen LogP) is 4.68. The number of hydrogen-bond acceptors (Lipinski definition) is 4. The fourth-order valence-electron chi connectivity index (χ4n) is 3.34. The van der Waals surface area contributed by atoms with Gasteiger partial charge < -0.3 is 5.11 Å². The molecule has 6 heteroatoms. The molecule has 1 N–H and O–H groups in total. The Morgan fingerprint density at radius 2 is 1.89 bits per heavy atom. The molecule has 0 aliphatic heterocycles. The Bertz CT molecular complexity index is 1110. The van der Waals surface area contributed by atoms with Crippen molar-refractivity contribution in [3.8, 4) is 11.1 Å². The van der Waals surface area contributed by atoms with Crippen molar-refractivity contribution in [1.29, 1.82) is 0 Å². The topological polar surface area (TPSA) is 72.2 Å². The summed E-state index contributed by atoms with van der Waals surface area (Å²) in [5, 5.41) is 12.2. The number of aliphatic carboxylic acids is 1. The highest BCUT2D eigenvalue weighted by molar-refractivity contribution is 7.17. The Morgan fingerprint density at radius 1 is 1.22 bits per heavy atom. The van der Waals surface area contributed by atoms with Crippen LogP contribution >= 0.6 is 11.3 Å². The van der Waals surface area contributed by atoms with Crippen LogP contribution in [0.4, 0.5) is 0 Å². The quantitative estimate of drug-likeness (QED) is 0.708. The van der Waals surface area contributed by atoms with Gasteiger partial charge in [-0.3, -0.25) is 9.36 Å². The fraction of sp³-hybridized carbons (Fsp3) is 0.381. The summed E-state index contributed by atoms with van der Waals surface area (Å²) in [6.07, 6.45) is 0. The molecule has 142 valence electrons. The number of carboxylic acid groups (broad SMARTS) is 1. The van der Waals surface area contributed by atoms with Crippen LogP contribution in [0, 0.1) is 13.8 Å². The summed E-state index contributed by atoms with van der Waals surface area (Å²) >= 11 is 1.42. The highest BCUT2D eigenvalue weighted by Crippen LogP contribution is 2.34. The molecule has 0 bridgehead atoms. The van der Waals surface area contributed by atoms with Crippen molar-refractivity contribution < 1.29 is 9.90 Å². The van der Waals surface area contributed by atoms with Gasteiger partial charge in [0.15, 0.2) is 0 Å². The second-order valence-corrected chi connectivity index (χ2v) is 8.64. The Balaban J connectivity index is 2.43. The molecule has 3 rings (SSSR count). The van der Waals surface area contributed by atoms with E-state index < -0.39 is 11.5 Å². The lowest BCUT2D eigenvalue weighted by Crippen LogP contribution is -2.45. The number of aromatic nitrogens is 2. The fourth-order valence-corrected chi connectivity index (χ4v) is 4.28. The normalized spacial score (nSPS) is 12.1. The maximum Gasteiger partial charge on any atom is 0.329 e. The lowest BCUT2D eigenvalue weighted by molar-refractivity contribution is -0.146. The van der Waals surface area contributed by atoms with Crippen LogP contribution in [0.25, 0.3) is 21.3 Å². The van der Waals surface area contributed by atoms with Crippen molar-refractivity contribution >= 4 is 27.5 Å². The van der Waals surface area contributed by atoms with Crippen LogP contribution in [-0.4, -0.2) is 20.6 Å². The third-order valence-corrected chi connectivity index (χ3v) is 5.78. The molecule has 0 fully saturated rings. The first-order chi connectivity index (χ1) is 12.6. The van der Waals surface area contributed by atoms with E-state index in [0.717, 1.165) is 22.3 Å². The van der Waals surface area contributed by atoms with Crippen LogP contribution in [0.3, 0.4) is 0 Å². The van der Waals surface area contributed by atoms with Gasteiger partial charge in [0.25, 0.3) is 5.56 Å². The van der Waals surface area contributed by atoms with Gasteiger partial charge in [0.05, 0.1) is 5.39 Å². The Labute approximate surface area is 162 Å². The molecule has 1 aromatic carbocycles. The Kier molecular flexibility index (Phi) is 4.72. The van der Waals surface area contributed by atoms with E-state index in [9.17, 15) is 14.7 Å². The van der Waals surface area contributed by atoms with Gasteiger partial charge in [0.2, 0.25) is 0 Å². The largest absolute Gasteiger partial charge is 0.480 e. The molecular weight excluding hydrogens is 360 g/mol. The van der Waals surface area contributed by atoms with Gasteiger partial charge in [0, 0.05) is 16.9 Å². The van der Waals surface area contributed by atoms with Crippen molar-refractivity contribution in [1.82, 2.24) is 9.55 Å². The van der Waals surface area contributed by atoms with E-state index in [1.54, 1.807) is 13.8 Å². The van der Waals surface area contributed by atoms with Gasteiger partial charge >= 0.3 is 5.97 Å². The van der Waals surface area contributed by atoms with Crippen LogP contribution in [0.15, 0.2) is 28.4 Å². The molecule has 0 atom stereocenters. The number of benzene rings is 1. The van der Waals surface area contributed by atoms with Gasteiger partial charge in [0.1, 0.15) is 16.2 Å². The lowest BCUT2D eigenvalue weighted by Gasteiger charge is -2.27. The number of carboxylic acids is 1. The summed E-state index contributed by atoms with van der Waals surface area (Å²) in [6, 6.07) is 6.10. The molecule has 0 unspecified atom stereocenters. The average molecular weight is 385 g/mol. The van der Waals surface area contributed by atoms with Gasteiger partial charge in [-0.2, -0.15) is 0 Å². The first-order valence-corrected chi connectivity index (χ1v) is 9.79. The molecule has 0 radical (unpaired) electrons. The van der Waals surface area contributed by atoms with E-state index in [-0.39, 0.29) is 11.5 Å². The van der Waals surface area contributed by atoms with E-state index in [0.29, 0.717) is 16.0 Å². The minimum absolute atomic E-state index is 0.0765. The molecule has 5 nitrogen and oxygen atoms in total. The summed E-state index contributed by atoms with van der Waals surface area (Å²) in [6.45, 7) is 11.0. The van der Waals surface area contributed by atoms with Crippen molar-refractivity contribution in [2.24, 2.45) is 0 Å². The number of carbonyl (C=O) groups is 1. The van der Waals surface area contributed by atoms with Gasteiger partial charge in [-0.25, -0.2) is 9.78 Å². The molecular formula is C21H24N2O3S. The summed E-state index contributed by atoms with van der Waals surface area (Å²) < 4.78 is 1.35. The van der Waals surface area contributed by atoms with E-state index >= 15 is 0 Å². The van der Waals surface area contributed by atoms with E-state index in [2.05, 4.69) is 6.07 Å². The zero-order chi connectivity index (χ0) is 20.1. The van der Waals surface area contributed by atoms with Crippen molar-refractivity contribution in [2.75, 3.05) is 0 Å². The van der Waals surface area contributed by atoms with Crippen LogP contribution in [0.5, 0.6) is 0 Å². The number of nitrogens with zero attached hydrogens (tertiary/aromatic N) is 2. The number of thiophene rings is 1. The summed E-state index contributed by atoms with van der Waals surface area (Å²) in [7, 11) is 0. The zero-order valence-corrected chi connectivity index (χ0v) is 17.3. The minimum Gasteiger partial charge on any atom is -0.480 e. The van der Waals surface area contributed by atoms with E-state index in [1.165, 1.54) is 15.9 Å². The first-order valence-electron chi connectivity index (χ1n) is 8.91. The average Bonchev–Trinajstić information content (AvgIpc) is 2.98. The third-order valence-electron chi connectivity index (χ3n) is 4.90. The molecule has 3 aromatic rings. The number of aryl methyl sites for hydroxylation is 2. The third kappa shape index (κ3) is 3.08. The number of hydrogen-bond donors (Lipinski definition) is 1. The van der Waals surface area contributed by atoms with Crippen molar-refractivity contribution in [3.05, 3.63) is 50.9 Å². The highest BCUT2D eigenvalue weighted by atomic mass is 32.1. The van der Waals surface area contributed by atoms with Crippen molar-refractivity contribution in [3.63, 3.8) is 0 Å². The second kappa shape index (κ2) is 6.60. The standard InChI is InChI=1S/C21H24N2O3S/c1-11(2)17-22-18-16(19(24)23(17)21(5,6)20(25)26)15(10-27-18)14-8-7-12(3)9-13(14)4/h7-11H,1-6H3,(H,25,26). The van der Waals surface area contributed by atoms with Crippen LogP contribution in [0.1, 0.15) is 50.6 Å². The maximum absolute atomic E-state index is 13.5. The van der Waals surface area contributed by atoms with Gasteiger partial charge in [-0.15, -0.1) is 11.3 Å². The molecule has 0 aliphatic carbocycles. The molecule has 27 heavy (non-hydrogen) atoms. The first kappa shape index (κ1) is 19.3. The summed E-state index contributed by atoms with van der Waals surface area (Å²) in [4.78, 5) is 30.7. The summed E-state index contributed by atoms with van der Waals surface area (Å²) in [5.41, 5.74) is 2.33. The molecule has 0 aliphatic rings. The lowest BCUT2D eigenvalue weighted by atomic mass is 9.98. The molecule has 0 amide bonds. The predicted molar refractivity (Wildman–Crippen MR) is 110 cm³/mol. The second-order valence-electron chi connectivity index (χ2n) is 7.78. The van der Waals surface area contributed by atoms with Crippen LogP contribution < -0.4 is 5.56 Å². The van der Waals surface area contributed by atoms with E-state index in [4.69, 9.17) is 4.98 Å². The van der Waals surface area contributed by atoms with Crippen LogP contribution in [0.2, 0.25) is 0 Å². The molecule has 2 aromatic heterocycles. The molecule has 0 saturated heterocycles. The van der Waals surface area contributed by atoms with Gasteiger partial charge in [-0.1, -0.05) is 37.6 Å². The van der Waals surface area contributed by atoms with Gasteiger partial charge in [-0.05, 0) is 38.8 Å². The summed E-state index contributed by atoms with van der Waals surface area (Å²) in [5.74, 6) is -0.641. The monoisotopic (exact) mass is 384 g/mol. The minimum atomic E-state index is -1.39. The van der Waals surface area contributed by atoms with Crippen LogP contribution in [-0.2, 0) is 10.3 Å². The smallest absolute Gasteiger partial charge is 0.329 e. The highest BCUT2D eigenvalue weighted by Gasteiger charge is 2.35. The Morgan fingerprint density at radius 3 is 2.44 bits per heavy atom. The zero-order valence-electron chi connectivity index (χ0n) is 16.5. The Hall–Kier alpha value is -2.47. The number of rotatable bonds is 4. The number of fused-ring (bicyclic) bond motifs is 1. The van der Waals surface area contributed by atoms with E-state index in [1.807, 2.05) is 45.2 Å². The molecule has 2 heterocycles. The maximum atomic E-state index is 13.5. The molecule has 0 saturated carbocycles. The molecule has 0 spiro atoms. The SMILES string of the molecule is Cc1ccc(-c2csc3nc(C(C)C)n(C(C)(C)C(=O)O)c(=O)c23)c(C)c1.